The maximum atomic E-state index is 12.3. The number of aromatic nitrogens is 2. The van der Waals surface area contributed by atoms with Gasteiger partial charge in [0, 0.05) is 27.8 Å². The Hall–Kier alpha value is -3.29. The largest absolute Gasteiger partial charge is 0.399 e. The number of hydrogen-bond acceptors (Lipinski definition) is 6. The molecule has 0 fully saturated rings. The Morgan fingerprint density at radius 3 is 2.61 bits per heavy atom. The van der Waals surface area contributed by atoms with E-state index in [-0.39, 0.29) is 4.90 Å². The van der Waals surface area contributed by atoms with Gasteiger partial charge in [0.05, 0.1) is 27.8 Å². The summed E-state index contributed by atoms with van der Waals surface area (Å²) in [6.45, 7) is 2.10. The Labute approximate surface area is 184 Å². The number of nitrogens with two attached hydrogens (primary N) is 1. The molecule has 2 N–H and O–H groups in total. The first kappa shape index (κ1) is 19.7. The number of nitrogens with zero attached hydrogens (tertiary/aromatic N) is 2. The van der Waals surface area contributed by atoms with Crippen molar-refractivity contribution in [1.29, 1.82) is 0 Å². The van der Waals surface area contributed by atoms with Crippen LogP contribution >= 0.6 is 11.3 Å². The zero-order valence-electron chi connectivity index (χ0n) is 17.0. The quantitative estimate of drug-likeness (QED) is 0.372. The van der Waals surface area contributed by atoms with E-state index in [2.05, 4.69) is 35.5 Å². The standard InChI is InChI=1S/C24H19N3O2S2/c1-14-13-30-22-8-7-15(9-18(14)22)19-10-16(25)11-20-24(19)27-21(12-26-20)17-5-3-4-6-23(17)31(2,28)29/h3-13H,25H2,1-2H3. The lowest BCUT2D eigenvalue weighted by Crippen LogP contribution is -2.01. The van der Waals surface area contributed by atoms with Gasteiger partial charge in [0.15, 0.2) is 9.84 Å². The fourth-order valence-corrected chi connectivity index (χ4v) is 5.63. The van der Waals surface area contributed by atoms with Gasteiger partial charge < -0.3 is 5.73 Å². The fourth-order valence-electron chi connectivity index (χ4n) is 3.81. The van der Waals surface area contributed by atoms with Crippen molar-refractivity contribution < 1.29 is 8.42 Å². The van der Waals surface area contributed by atoms with Gasteiger partial charge in [-0.1, -0.05) is 24.3 Å². The van der Waals surface area contributed by atoms with E-state index in [9.17, 15) is 8.42 Å². The first-order valence-corrected chi connectivity index (χ1v) is 12.4. The van der Waals surface area contributed by atoms with Gasteiger partial charge in [-0.25, -0.2) is 13.4 Å². The Balaban J connectivity index is 1.78. The Morgan fingerprint density at radius 1 is 1.00 bits per heavy atom. The van der Waals surface area contributed by atoms with E-state index in [1.54, 1.807) is 47.9 Å². The average Bonchev–Trinajstić information content (AvgIpc) is 3.12. The van der Waals surface area contributed by atoms with Crippen LogP contribution in [0.25, 0.3) is 43.5 Å². The molecular weight excluding hydrogens is 426 g/mol. The van der Waals surface area contributed by atoms with E-state index < -0.39 is 9.84 Å². The SMILES string of the molecule is Cc1csc2ccc(-c3cc(N)cc4ncc(-c5ccccc5S(C)(=O)=O)nc34)cc12. The maximum Gasteiger partial charge on any atom is 0.176 e. The van der Waals surface area contributed by atoms with Gasteiger partial charge in [0.25, 0.3) is 0 Å². The number of benzene rings is 3. The molecule has 7 heteroatoms. The Bertz CT molecular complexity index is 1590. The Morgan fingerprint density at radius 2 is 1.81 bits per heavy atom. The van der Waals surface area contributed by atoms with Gasteiger partial charge >= 0.3 is 0 Å². The van der Waals surface area contributed by atoms with Gasteiger partial charge in [-0.05, 0) is 59.1 Å². The molecule has 154 valence electrons. The molecule has 5 nitrogen and oxygen atoms in total. The molecule has 0 radical (unpaired) electrons. The van der Waals surface area contributed by atoms with Gasteiger partial charge in [-0.3, -0.25) is 4.98 Å². The van der Waals surface area contributed by atoms with Crippen molar-refractivity contribution >= 4 is 48.0 Å². The number of fused-ring (bicyclic) bond motifs is 2. The highest BCUT2D eigenvalue weighted by molar-refractivity contribution is 7.90. The van der Waals surface area contributed by atoms with Gasteiger partial charge in [0.2, 0.25) is 0 Å². The van der Waals surface area contributed by atoms with E-state index in [0.29, 0.717) is 28.0 Å². The van der Waals surface area contributed by atoms with E-state index >= 15 is 0 Å². The number of sulfone groups is 1. The average molecular weight is 446 g/mol. The van der Waals surface area contributed by atoms with Gasteiger partial charge in [0.1, 0.15) is 0 Å². The van der Waals surface area contributed by atoms with Crippen LogP contribution in [0.3, 0.4) is 0 Å². The van der Waals surface area contributed by atoms with E-state index in [0.717, 1.165) is 11.1 Å². The zero-order valence-corrected chi connectivity index (χ0v) is 18.6. The number of rotatable bonds is 3. The molecule has 0 aliphatic heterocycles. The van der Waals surface area contributed by atoms with Gasteiger partial charge in [-0.15, -0.1) is 11.3 Å². The summed E-state index contributed by atoms with van der Waals surface area (Å²) in [6.07, 6.45) is 2.80. The first-order chi connectivity index (χ1) is 14.8. The molecule has 0 aliphatic carbocycles. The van der Waals surface area contributed by atoms with Crippen LogP contribution in [0, 0.1) is 6.92 Å². The highest BCUT2D eigenvalue weighted by atomic mass is 32.2. The molecule has 0 amide bonds. The van der Waals surface area contributed by atoms with Crippen molar-refractivity contribution in [3.8, 4) is 22.4 Å². The molecule has 0 saturated carbocycles. The summed E-state index contributed by atoms with van der Waals surface area (Å²) in [5.41, 5.74) is 12.2. The monoisotopic (exact) mass is 445 g/mol. The molecule has 0 aliphatic rings. The van der Waals surface area contributed by atoms with Crippen LogP contribution in [0.2, 0.25) is 0 Å². The van der Waals surface area contributed by atoms with Crippen LogP contribution in [0.15, 0.2) is 71.1 Å². The minimum atomic E-state index is -3.41. The molecule has 0 bridgehead atoms. The zero-order chi connectivity index (χ0) is 21.8. The lowest BCUT2D eigenvalue weighted by molar-refractivity contribution is 0.602. The maximum absolute atomic E-state index is 12.3. The van der Waals surface area contributed by atoms with Crippen molar-refractivity contribution in [3.05, 3.63) is 71.7 Å². The molecule has 0 spiro atoms. The summed E-state index contributed by atoms with van der Waals surface area (Å²) >= 11 is 1.72. The molecule has 2 heterocycles. The van der Waals surface area contributed by atoms with Crippen molar-refractivity contribution in [2.45, 2.75) is 11.8 Å². The highest BCUT2D eigenvalue weighted by Crippen LogP contribution is 2.35. The lowest BCUT2D eigenvalue weighted by Gasteiger charge is -2.11. The fraction of sp³-hybridized carbons (Fsp3) is 0.0833. The molecule has 0 unspecified atom stereocenters. The minimum Gasteiger partial charge on any atom is -0.399 e. The number of thiophene rings is 1. The molecule has 31 heavy (non-hydrogen) atoms. The minimum absolute atomic E-state index is 0.232. The lowest BCUT2D eigenvalue weighted by atomic mass is 10.0. The second kappa shape index (κ2) is 7.14. The molecular formula is C24H19N3O2S2. The summed E-state index contributed by atoms with van der Waals surface area (Å²) < 4.78 is 25.8. The predicted molar refractivity (Wildman–Crippen MR) is 128 cm³/mol. The van der Waals surface area contributed by atoms with E-state index in [4.69, 9.17) is 10.7 Å². The van der Waals surface area contributed by atoms with Crippen LogP contribution in [-0.2, 0) is 9.84 Å². The molecule has 5 aromatic rings. The summed E-state index contributed by atoms with van der Waals surface area (Å²) in [5, 5.41) is 3.34. The third-order valence-corrected chi connectivity index (χ3v) is 7.55. The smallest absolute Gasteiger partial charge is 0.176 e. The van der Waals surface area contributed by atoms with Crippen molar-refractivity contribution in [2.75, 3.05) is 12.0 Å². The van der Waals surface area contributed by atoms with Crippen LogP contribution in [0.1, 0.15) is 5.56 Å². The van der Waals surface area contributed by atoms with Crippen LogP contribution < -0.4 is 5.73 Å². The summed E-state index contributed by atoms with van der Waals surface area (Å²) in [7, 11) is -3.41. The van der Waals surface area contributed by atoms with Crippen LogP contribution in [0.4, 0.5) is 5.69 Å². The van der Waals surface area contributed by atoms with E-state index in [1.165, 1.54) is 21.9 Å². The third-order valence-electron chi connectivity index (χ3n) is 5.31. The van der Waals surface area contributed by atoms with Crippen molar-refractivity contribution in [1.82, 2.24) is 9.97 Å². The number of nitrogen functional groups attached to an aromatic ring is 1. The van der Waals surface area contributed by atoms with Gasteiger partial charge in [-0.2, -0.15) is 0 Å². The van der Waals surface area contributed by atoms with Crippen molar-refractivity contribution in [2.24, 2.45) is 0 Å². The molecule has 0 atom stereocenters. The van der Waals surface area contributed by atoms with Crippen LogP contribution in [0.5, 0.6) is 0 Å². The number of anilines is 1. The molecule has 5 rings (SSSR count). The Kier molecular flexibility index (Phi) is 4.53. The highest BCUT2D eigenvalue weighted by Gasteiger charge is 2.17. The number of aryl methyl sites for hydroxylation is 1. The molecule has 0 saturated heterocycles. The number of hydrogen-bond donors (Lipinski definition) is 1. The first-order valence-electron chi connectivity index (χ1n) is 9.65. The predicted octanol–water partition coefficient (Wildman–Crippen LogP) is 5.47. The second-order valence-corrected chi connectivity index (χ2v) is 10.5. The normalized spacial score (nSPS) is 11.9. The molecule has 2 aromatic heterocycles. The summed E-state index contributed by atoms with van der Waals surface area (Å²) in [4.78, 5) is 9.64. The van der Waals surface area contributed by atoms with E-state index in [1.807, 2.05) is 6.07 Å². The summed E-state index contributed by atoms with van der Waals surface area (Å²) in [5.74, 6) is 0. The van der Waals surface area contributed by atoms with Crippen LogP contribution in [-0.4, -0.2) is 24.6 Å². The summed E-state index contributed by atoms with van der Waals surface area (Å²) in [6, 6.07) is 16.8. The topological polar surface area (TPSA) is 85.9 Å². The molecule has 3 aromatic carbocycles. The second-order valence-electron chi connectivity index (χ2n) is 7.59. The third kappa shape index (κ3) is 3.45. The van der Waals surface area contributed by atoms with Crippen molar-refractivity contribution in [3.63, 3.8) is 0 Å².